The van der Waals surface area contributed by atoms with Crippen molar-refractivity contribution in [2.75, 3.05) is 24.7 Å². The smallest absolute Gasteiger partial charge is 0.313 e. The van der Waals surface area contributed by atoms with Gasteiger partial charge in [-0.25, -0.2) is 0 Å². The molecule has 7 atom stereocenters. The van der Waals surface area contributed by atoms with E-state index >= 15 is 0 Å². The van der Waals surface area contributed by atoms with Crippen LogP contribution in [-0.2, 0) is 23.9 Å². The second-order valence-corrected chi connectivity index (χ2v) is 12.6. The third-order valence-corrected chi connectivity index (χ3v) is 9.55. The highest BCUT2D eigenvalue weighted by Gasteiger charge is 2.80. The molecule has 3 aliphatic heterocycles. The van der Waals surface area contributed by atoms with Crippen LogP contribution in [0, 0.1) is 23.7 Å². The molecule has 0 aliphatic carbocycles. The minimum Gasteiger partial charge on any atom is -0.461 e. The zero-order valence-corrected chi connectivity index (χ0v) is 25.0. The van der Waals surface area contributed by atoms with Gasteiger partial charge >= 0.3 is 5.97 Å². The van der Waals surface area contributed by atoms with Crippen molar-refractivity contribution in [3.05, 3.63) is 67.8 Å². The van der Waals surface area contributed by atoms with Gasteiger partial charge in [0.25, 0.3) is 5.91 Å². The molecule has 5 rings (SSSR count). The van der Waals surface area contributed by atoms with Crippen molar-refractivity contribution in [1.82, 2.24) is 4.90 Å². The molecule has 8 nitrogen and oxygen atoms in total. The molecule has 2 amide bonds. The van der Waals surface area contributed by atoms with Gasteiger partial charge in [0.15, 0.2) is 0 Å². The summed E-state index contributed by atoms with van der Waals surface area (Å²) in [4.78, 5) is 46.1. The van der Waals surface area contributed by atoms with E-state index in [0.717, 1.165) is 10.8 Å². The average Bonchev–Trinajstić information content (AvgIpc) is 3.49. The molecule has 3 unspecified atom stereocenters. The van der Waals surface area contributed by atoms with Crippen molar-refractivity contribution in [3.63, 3.8) is 0 Å². The molecule has 0 aromatic heterocycles. The molecule has 3 heterocycles. The highest BCUT2D eigenvalue weighted by Crippen LogP contribution is 2.65. The van der Waals surface area contributed by atoms with Gasteiger partial charge in [-0.1, -0.05) is 69.8 Å². The van der Waals surface area contributed by atoms with Crippen molar-refractivity contribution >= 4 is 34.2 Å². The first-order valence-corrected chi connectivity index (χ1v) is 14.9. The van der Waals surface area contributed by atoms with Crippen LogP contribution in [-0.4, -0.2) is 70.8 Å². The van der Waals surface area contributed by atoms with Crippen LogP contribution in [0.5, 0.6) is 0 Å². The van der Waals surface area contributed by atoms with E-state index in [1.54, 1.807) is 11.0 Å². The number of carbonyl (C=O) groups is 3. The number of rotatable bonds is 11. The molecule has 3 saturated heterocycles. The number of hydrogen-bond acceptors (Lipinski definition) is 6. The van der Waals surface area contributed by atoms with Crippen molar-refractivity contribution in [2.24, 2.45) is 23.7 Å². The molecule has 42 heavy (non-hydrogen) atoms. The Kier molecular flexibility index (Phi) is 8.07. The quantitative estimate of drug-likeness (QED) is 0.314. The summed E-state index contributed by atoms with van der Waals surface area (Å²) in [5.41, 5.74) is -1.56. The first-order chi connectivity index (χ1) is 20.0. The lowest BCUT2D eigenvalue weighted by molar-refractivity contribution is -0.161. The molecule has 3 fully saturated rings. The second-order valence-electron chi connectivity index (χ2n) is 12.6. The van der Waals surface area contributed by atoms with Crippen molar-refractivity contribution in [1.29, 1.82) is 0 Å². The van der Waals surface area contributed by atoms with E-state index in [-0.39, 0.29) is 43.4 Å². The first kappa shape index (κ1) is 30.0. The van der Waals surface area contributed by atoms with Gasteiger partial charge in [-0.2, -0.15) is 0 Å². The van der Waals surface area contributed by atoms with Crippen molar-refractivity contribution < 1.29 is 29.0 Å². The van der Waals surface area contributed by atoms with E-state index in [0.29, 0.717) is 18.5 Å². The molecule has 3 aliphatic rings. The van der Waals surface area contributed by atoms with Crippen LogP contribution >= 0.6 is 0 Å². The predicted octanol–water partition coefficient (Wildman–Crippen LogP) is 4.51. The van der Waals surface area contributed by atoms with Gasteiger partial charge in [-0.3, -0.25) is 14.4 Å². The zero-order chi connectivity index (χ0) is 30.4. The Morgan fingerprint density at radius 3 is 2.55 bits per heavy atom. The topological polar surface area (TPSA) is 96.4 Å². The normalized spacial score (nSPS) is 30.4. The van der Waals surface area contributed by atoms with Crippen LogP contribution in [0.1, 0.15) is 40.5 Å². The molecule has 2 aromatic rings. The lowest BCUT2D eigenvalue weighted by Crippen LogP contribution is -2.59. The molecule has 8 heteroatoms. The first-order valence-electron chi connectivity index (χ1n) is 14.9. The van der Waals surface area contributed by atoms with Crippen LogP contribution in [0.25, 0.3) is 10.8 Å². The molecule has 0 saturated carbocycles. The largest absolute Gasteiger partial charge is 0.461 e. The van der Waals surface area contributed by atoms with E-state index in [9.17, 15) is 19.5 Å². The Bertz CT molecular complexity index is 1410. The Balaban J connectivity index is 1.65. The standard InChI is InChI=1S/C34H42N2O6/c1-7-15-35(25-14-13-23-11-9-10-12-24(23)18-25)31(39)29-34-19-22(5)33(6,42-34)28(32(40)41-16-8-2)27(34)30(38)36(29)26(20-37)17-21(3)4/h7-14,18,21-22,26-29,37H,1-2,15-17,19-20H2,3-6H3/t22?,26-,27+,28+,29?,33-,34?/m1/s1. The summed E-state index contributed by atoms with van der Waals surface area (Å²) in [5, 5.41) is 12.6. The van der Waals surface area contributed by atoms with Crippen LogP contribution in [0.4, 0.5) is 5.69 Å². The fourth-order valence-electron chi connectivity index (χ4n) is 7.70. The maximum Gasteiger partial charge on any atom is 0.313 e. The number of likely N-dealkylation sites (tertiary alicyclic amines) is 1. The van der Waals surface area contributed by atoms with Crippen LogP contribution in [0.2, 0.25) is 0 Å². The highest BCUT2D eigenvalue weighted by molar-refractivity contribution is 6.06. The molecule has 1 N–H and O–H groups in total. The predicted molar refractivity (Wildman–Crippen MR) is 162 cm³/mol. The minimum absolute atomic E-state index is 0.0153. The summed E-state index contributed by atoms with van der Waals surface area (Å²) in [6, 6.07) is 12.1. The Morgan fingerprint density at radius 2 is 1.90 bits per heavy atom. The molecule has 2 aromatic carbocycles. The van der Waals surface area contributed by atoms with Crippen molar-refractivity contribution in [3.8, 4) is 0 Å². The van der Waals surface area contributed by atoms with Gasteiger partial charge in [0.2, 0.25) is 5.91 Å². The van der Waals surface area contributed by atoms with Gasteiger partial charge < -0.3 is 24.4 Å². The maximum absolute atomic E-state index is 14.9. The van der Waals surface area contributed by atoms with Gasteiger partial charge in [-0.05, 0) is 54.5 Å². The van der Waals surface area contributed by atoms with E-state index < -0.39 is 41.1 Å². The average molecular weight is 575 g/mol. The monoisotopic (exact) mass is 574 g/mol. The number of aliphatic hydroxyl groups is 1. The summed E-state index contributed by atoms with van der Waals surface area (Å²) in [5.74, 6) is -2.96. The van der Waals surface area contributed by atoms with Crippen LogP contribution in [0.3, 0.4) is 0 Å². The third-order valence-electron chi connectivity index (χ3n) is 9.55. The fourth-order valence-corrected chi connectivity index (χ4v) is 7.70. The summed E-state index contributed by atoms with van der Waals surface area (Å²) in [7, 11) is 0. The van der Waals surface area contributed by atoms with Gasteiger partial charge in [0.1, 0.15) is 24.2 Å². The number of aliphatic hydroxyl groups excluding tert-OH is 1. The summed E-state index contributed by atoms with van der Waals surface area (Å²) in [6.07, 6.45) is 4.07. The second kappa shape index (κ2) is 11.3. The number of anilines is 1. The van der Waals surface area contributed by atoms with Crippen molar-refractivity contribution in [2.45, 2.75) is 63.8 Å². The van der Waals surface area contributed by atoms with Gasteiger partial charge in [0, 0.05) is 12.2 Å². The van der Waals surface area contributed by atoms with E-state index in [1.807, 2.05) is 70.2 Å². The Hall–Kier alpha value is -3.49. The lowest BCUT2D eigenvalue weighted by atomic mass is 9.62. The van der Waals surface area contributed by atoms with Crippen LogP contribution < -0.4 is 4.90 Å². The van der Waals surface area contributed by atoms with Gasteiger partial charge in [-0.15, -0.1) is 6.58 Å². The summed E-state index contributed by atoms with van der Waals surface area (Å²) < 4.78 is 12.3. The molecule has 0 radical (unpaired) electrons. The van der Waals surface area contributed by atoms with Gasteiger partial charge in [0.05, 0.1) is 24.2 Å². The number of fused-ring (bicyclic) bond motifs is 2. The Morgan fingerprint density at radius 1 is 1.19 bits per heavy atom. The van der Waals surface area contributed by atoms with E-state index in [4.69, 9.17) is 9.47 Å². The summed E-state index contributed by atoms with van der Waals surface area (Å²) in [6.45, 7) is 15.3. The molecule has 2 bridgehead atoms. The Labute approximate surface area is 248 Å². The molecule has 1 spiro atoms. The number of ether oxygens (including phenoxy) is 2. The number of carbonyl (C=O) groups excluding carboxylic acids is 3. The number of hydrogen-bond donors (Lipinski definition) is 1. The number of amides is 2. The SMILES string of the molecule is C=CCOC(=O)[C@@H]1[C@H]2C(=O)N([C@@H](CO)CC(C)C)C(C(=O)N(CC=C)c3ccc4ccccc4c3)C23CC(C)[C@@]1(C)O3. The maximum atomic E-state index is 14.9. The summed E-state index contributed by atoms with van der Waals surface area (Å²) >= 11 is 0. The number of nitrogens with zero attached hydrogens (tertiary/aromatic N) is 2. The highest BCUT2D eigenvalue weighted by atomic mass is 16.6. The zero-order valence-electron chi connectivity index (χ0n) is 25.0. The van der Waals surface area contributed by atoms with E-state index in [1.165, 1.54) is 11.0 Å². The number of esters is 1. The van der Waals surface area contributed by atoms with E-state index in [2.05, 4.69) is 13.2 Å². The molecular weight excluding hydrogens is 532 g/mol. The third kappa shape index (κ3) is 4.56. The fraction of sp³-hybridized carbons (Fsp3) is 0.500. The lowest BCUT2D eigenvalue weighted by Gasteiger charge is -2.40. The number of benzene rings is 2. The minimum atomic E-state index is -1.25. The molecule has 224 valence electrons. The van der Waals surface area contributed by atoms with Crippen LogP contribution in [0.15, 0.2) is 67.8 Å². The molecular formula is C34H42N2O6.